The maximum atomic E-state index is 12.5. The summed E-state index contributed by atoms with van der Waals surface area (Å²) in [6.45, 7) is 4.83. The number of esters is 1. The van der Waals surface area contributed by atoms with E-state index in [4.69, 9.17) is 4.74 Å². The average molecular weight is 969 g/mol. The first-order valence-corrected chi connectivity index (χ1v) is 30.4. The topological polar surface area (TPSA) is 95.9 Å². The minimum absolute atomic E-state index is 0.0135. The van der Waals surface area contributed by atoms with E-state index in [-0.39, 0.29) is 18.5 Å². The molecule has 6 nitrogen and oxygen atoms in total. The molecule has 0 aromatic carbocycles. The molecular formula is C63H117NO5. The Bertz CT molecular complexity index is 1160. The van der Waals surface area contributed by atoms with Gasteiger partial charge in [0.15, 0.2) is 0 Å². The maximum Gasteiger partial charge on any atom is 0.305 e. The Labute approximate surface area is 429 Å². The van der Waals surface area contributed by atoms with Crippen molar-refractivity contribution < 1.29 is 24.5 Å². The van der Waals surface area contributed by atoms with Gasteiger partial charge in [0.05, 0.1) is 25.4 Å². The zero-order chi connectivity index (χ0) is 50.0. The summed E-state index contributed by atoms with van der Waals surface area (Å²) in [5.74, 6) is -0.0945. The third-order valence-electron chi connectivity index (χ3n) is 13.8. The van der Waals surface area contributed by atoms with Gasteiger partial charge in [-0.05, 0) is 83.5 Å². The van der Waals surface area contributed by atoms with Crippen molar-refractivity contribution >= 4 is 11.9 Å². The van der Waals surface area contributed by atoms with Crippen LogP contribution in [0.4, 0.5) is 0 Å². The van der Waals surface area contributed by atoms with Crippen molar-refractivity contribution in [3.05, 3.63) is 48.6 Å². The summed E-state index contributed by atoms with van der Waals surface area (Å²) in [5.41, 5.74) is 0. The molecule has 0 aliphatic rings. The van der Waals surface area contributed by atoms with Crippen LogP contribution in [0.1, 0.15) is 316 Å². The molecule has 0 aromatic heterocycles. The fourth-order valence-electron chi connectivity index (χ4n) is 9.14. The Kier molecular flexibility index (Phi) is 56.5. The molecule has 404 valence electrons. The summed E-state index contributed by atoms with van der Waals surface area (Å²) in [4.78, 5) is 24.5. The molecule has 0 spiro atoms. The predicted octanol–water partition coefficient (Wildman–Crippen LogP) is 19.0. The highest BCUT2D eigenvalue weighted by Gasteiger charge is 2.18. The van der Waals surface area contributed by atoms with Crippen molar-refractivity contribution in [3.63, 3.8) is 0 Å². The summed E-state index contributed by atoms with van der Waals surface area (Å²) in [5, 5.41) is 23.2. The zero-order valence-electron chi connectivity index (χ0n) is 46.0. The standard InChI is InChI=1S/C63H117NO5/c1-3-5-7-9-11-13-15-17-18-19-20-21-22-25-28-32-35-39-43-47-51-55-61(66)60(59-65)64-62(67)56-52-48-44-40-36-33-29-26-23-24-27-30-34-38-42-46-50-54-58-69-63(68)57-53-49-45-41-37-31-16-14-12-10-8-6-4-2/h8,10,14,16,26,29,51,55,60-61,65-66H,3-7,9,11-13,15,17-25,27-28,30-50,52-54,56-59H2,1-2H3,(H,64,67)/b10-8-,16-14-,29-26-,55-51+. The van der Waals surface area contributed by atoms with Crippen LogP contribution in [0.25, 0.3) is 0 Å². The molecule has 0 bridgehead atoms. The summed E-state index contributed by atoms with van der Waals surface area (Å²) in [6.07, 6.45) is 74.3. The second kappa shape index (κ2) is 58.4. The van der Waals surface area contributed by atoms with Gasteiger partial charge in [-0.15, -0.1) is 0 Å². The molecule has 1 amide bonds. The van der Waals surface area contributed by atoms with Crippen molar-refractivity contribution in [1.82, 2.24) is 5.32 Å². The van der Waals surface area contributed by atoms with Gasteiger partial charge in [-0.2, -0.15) is 0 Å². The number of carbonyl (C=O) groups excluding carboxylic acids is 2. The van der Waals surface area contributed by atoms with Gasteiger partial charge in [-0.25, -0.2) is 0 Å². The lowest BCUT2D eigenvalue weighted by Crippen LogP contribution is -2.45. The molecule has 6 heteroatoms. The molecule has 0 saturated heterocycles. The van der Waals surface area contributed by atoms with Crippen LogP contribution >= 0.6 is 0 Å². The van der Waals surface area contributed by atoms with Gasteiger partial charge < -0.3 is 20.3 Å². The number of aliphatic hydroxyl groups excluding tert-OH is 2. The minimum Gasteiger partial charge on any atom is -0.466 e. The molecule has 2 unspecified atom stereocenters. The number of aliphatic hydroxyl groups is 2. The van der Waals surface area contributed by atoms with Crippen molar-refractivity contribution in [1.29, 1.82) is 0 Å². The molecule has 0 fully saturated rings. The molecule has 0 aromatic rings. The Balaban J connectivity index is 3.50. The van der Waals surface area contributed by atoms with Crippen LogP contribution in [0.5, 0.6) is 0 Å². The van der Waals surface area contributed by atoms with Crippen LogP contribution < -0.4 is 5.32 Å². The quantitative estimate of drug-likeness (QED) is 0.0321. The number of ether oxygens (including phenoxy) is 1. The smallest absolute Gasteiger partial charge is 0.305 e. The van der Waals surface area contributed by atoms with E-state index in [0.717, 1.165) is 70.6 Å². The van der Waals surface area contributed by atoms with Crippen LogP contribution in [-0.4, -0.2) is 47.4 Å². The Hall–Kier alpha value is -2.18. The van der Waals surface area contributed by atoms with Crippen molar-refractivity contribution in [2.75, 3.05) is 13.2 Å². The van der Waals surface area contributed by atoms with E-state index >= 15 is 0 Å². The van der Waals surface area contributed by atoms with Crippen molar-refractivity contribution in [3.8, 4) is 0 Å². The SMILES string of the molecule is CCC/C=C\C/C=C\CCCCCCCC(=O)OCCCCCCCCCCC/C=C\CCCCCCCC(=O)NC(CO)C(O)/C=C/CCCCCCCCCCCCCCCCCCCCC. The van der Waals surface area contributed by atoms with Crippen LogP contribution in [0.2, 0.25) is 0 Å². The summed E-state index contributed by atoms with van der Waals surface area (Å²) >= 11 is 0. The summed E-state index contributed by atoms with van der Waals surface area (Å²) in [7, 11) is 0. The number of amides is 1. The number of hydrogen-bond donors (Lipinski definition) is 3. The van der Waals surface area contributed by atoms with Crippen molar-refractivity contribution in [2.45, 2.75) is 328 Å². The van der Waals surface area contributed by atoms with E-state index in [9.17, 15) is 19.8 Å². The molecular weight excluding hydrogens is 851 g/mol. The molecule has 0 saturated carbocycles. The molecule has 3 N–H and O–H groups in total. The Morgan fingerprint density at radius 1 is 0.406 bits per heavy atom. The molecule has 2 atom stereocenters. The van der Waals surface area contributed by atoms with E-state index in [2.05, 4.69) is 55.6 Å². The molecule has 0 aliphatic carbocycles. The maximum absolute atomic E-state index is 12.5. The number of carbonyl (C=O) groups is 2. The second-order valence-corrected chi connectivity index (χ2v) is 20.7. The lowest BCUT2D eigenvalue weighted by molar-refractivity contribution is -0.143. The van der Waals surface area contributed by atoms with Gasteiger partial charge in [0.2, 0.25) is 5.91 Å². The highest BCUT2D eigenvalue weighted by atomic mass is 16.5. The predicted molar refractivity (Wildman–Crippen MR) is 301 cm³/mol. The van der Waals surface area contributed by atoms with Crippen LogP contribution in [-0.2, 0) is 14.3 Å². The first-order chi connectivity index (χ1) is 34.0. The van der Waals surface area contributed by atoms with Gasteiger partial charge in [-0.1, -0.05) is 268 Å². The van der Waals surface area contributed by atoms with Gasteiger partial charge in [0.25, 0.3) is 0 Å². The van der Waals surface area contributed by atoms with Gasteiger partial charge in [0, 0.05) is 12.8 Å². The zero-order valence-corrected chi connectivity index (χ0v) is 46.0. The van der Waals surface area contributed by atoms with Crippen LogP contribution in [0.15, 0.2) is 48.6 Å². The van der Waals surface area contributed by atoms with E-state index in [0.29, 0.717) is 19.4 Å². The average Bonchev–Trinajstić information content (AvgIpc) is 3.35. The first kappa shape index (κ1) is 66.8. The van der Waals surface area contributed by atoms with Gasteiger partial charge in [-0.3, -0.25) is 9.59 Å². The van der Waals surface area contributed by atoms with Gasteiger partial charge in [0.1, 0.15) is 0 Å². The molecule has 0 aliphatic heterocycles. The number of hydrogen-bond acceptors (Lipinski definition) is 5. The fourth-order valence-corrected chi connectivity index (χ4v) is 9.14. The van der Waals surface area contributed by atoms with Crippen LogP contribution in [0.3, 0.4) is 0 Å². The highest BCUT2D eigenvalue weighted by Crippen LogP contribution is 2.17. The number of rotatable bonds is 56. The summed E-state index contributed by atoms with van der Waals surface area (Å²) in [6, 6.07) is -0.640. The van der Waals surface area contributed by atoms with E-state index < -0.39 is 12.1 Å². The molecule has 0 rings (SSSR count). The van der Waals surface area contributed by atoms with E-state index in [1.807, 2.05) is 6.08 Å². The lowest BCUT2D eigenvalue weighted by Gasteiger charge is -2.20. The van der Waals surface area contributed by atoms with Crippen molar-refractivity contribution in [2.24, 2.45) is 0 Å². The van der Waals surface area contributed by atoms with E-state index in [1.165, 1.54) is 218 Å². The molecule has 0 radical (unpaired) electrons. The largest absolute Gasteiger partial charge is 0.466 e. The molecule has 69 heavy (non-hydrogen) atoms. The second-order valence-electron chi connectivity index (χ2n) is 20.7. The lowest BCUT2D eigenvalue weighted by atomic mass is 10.0. The summed E-state index contributed by atoms with van der Waals surface area (Å²) < 4.78 is 5.46. The van der Waals surface area contributed by atoms with E-state index in [1.54, 1.807) is 6.08 Å². The number of nitrogens with one attached hydrogen (secondary N) is 1. The Morgan fingerprint density at radius 3 is 1.17 bits per heavy atom. The normalized spacial score (nSPS) is 12.9. The Morgan fingerprint density at radius 2 is 0.754 bits per heavy atom. The fraction of sp³-hybridized carbons (Fsp3) is 0.841. The highest BCUT2D eigenvalue weighted by molar-refractivity contribution is 5.76. The minimum atomic E-state index is -0.855. The van der Waals surface area contributed by atoms with Gasteiger partial charge >= 0.3 is 5.97 Å². The first-order valence-electron chi connectivity index (χ1n) is 30.4. The number of unbranched alkanes of at least 4 members (excludes halogenated alkanes) is 39. The third kappa shape index (κ3) is 55.0. The molecule has 0 heterocycles. The van der Waals surface area contributed by atoms with Crippen LogP contribution in [0, 0.1) is 0 Å². The third-order valence-corrected chi connectivity index (χ3v) is 13.8. The number of allylic oxidation sites excluding steroid dienone is 7. The monoisotopic (exact) mass is 968 g/mol.